The third-order valence-electron chi connectivity index (χ3n) is 3.56. The number of hydrogen-bond donors (Lipinski definition) is 1. The van der Waals surface area contributed by atoms with E-state index in [1.807, 2.05) is 6.07 Å². The minimum Gasteiger partial charge on any atom is -0.500 e. The van der Waals surface area contributed by atoms with Crippen molar-refractivity contribution < 1.29 is 19.5 Å². The second kappa shape index (κ2) is 8.35. The van der Waals surface area contributed by atoms with Crippen LogP contribution in [0.5, 0.6) is 5.75 Å². The molecule has 2 aromatic carbocycles. The highest BCUT2D eigenvalue weighted by molar-refractivity contribution is 6.30. The molecule has 0 fully saturated rings. The van der Waals surface area contributed by atoms with Crippen LogP contribution in [-0.4, -0.2) is 23.9 Å². The van der Waals surface area contributed by atoms with Gasteiger partial charge in [0.2, 0.25) is 0 Å². The maximum absolute atomic E-state index is 11.7. The SMILES string of the molecule is COC(C)=C(C(=O)O)c1ccccc1C(C)=NOc1ccc(Cl)cc1. The van der Waals surface area contributed by atoms with Crippen molar-refractivity contribution in [1.29, 1.82) is 0 Å². The number of ether oxygens (including phenoxy) is 1. The monoisotopic (exact) mass is 359 g/mol. The van der Waals surface area contributed by atoms with Crippen molar-refractivity contribution in [2.24, 2.45) is 5.16 Å². The summed E-state index contributed by atoms with van der Waals surface area (Å²) in [4.78, 5) is 17.1. The summed E-state index contributed by atoms with van der Waals surface area (Å²) in [6, 6.07) is 13.9. The summed E-state index contributed by atoms with van der Waals surface area (Å²) >= 11 is 5.83. The Bertz CT molecular complexity index is 826. The highest BCUT2D eigenvalue weighted by atomic mass is 35.5. The molecule has 0 unspecified atom stereocenters. The van der Waals surface area contributed by atoms with Crippen molar-refractivity contribution in [2.45, 2.75) is 13.8 Å². The van der Waals surface area contributed by atoms with Crippen LogP contribution in [0.3, 0.4) is 0 Å². The number of halogens is 1. The molecule has 0 aliphatic heterocycles. The lowest BCUT2D eigenvalue weighted by Crippen LogP contribution is -2.09. The second-order valence-corrected chi connectivity index (χ2v) is 5.64. The van der Waals surface area contributed by atoms with Gasteiger partial charge in [-0.3, -0.25) is 0 Å². The van der Waals surface area contributed by atoms with E-state index in [1.165, 1.54) is 7.11 Å². The molecule has 0 atom stereocenters. The molecule has 5 nitrogen and oxygen atoms in total. The number of rotatable bonds is 6. The van der Waals surface area contributed by atoms with E-state index in [9.17, 15) is 9.90 Å². The van der Waals surface area contributed by atoms with Gasteiger partial charge in [-0.15, -0.1) is 0 Å². The van der Waals surface area contributed by atoms with E-state index >= 15 is 0 Å². The minimum atomic E-state index is -1.07. The maximum Gasteiger partial charge on any atom is 0.339 e. The van der Waals surface area contributed by atoms with E-state index in [-0.39, 0.29) is 5.57 Å². The topological polar surface area (TPSA) is 68.1 Å². The zero-order valence-corrected chi connectivity index (χ0v) is 14.9. The Balaban J connectivity index is 2.40. The van der Waals surface area contributed by atoms with E-state index < -0.39 is 5.97 Å². The van der Waals surface area contributed by atoms with Crippen LogP contribution in [0.15, 0.2) is 59.4 Å². The van der Waals surface area contributed by atoms with Crippen LogP contribution < -0.4 is 4.84 Å². The van der Waals surface area contributed by atoms with Crippen LogP contribution in [0.4, 0.5) is 0 Å². The van der Waals surface area contributed by atoms with Crippen LogP contribution in [0.25, 0.3) is 5.57 Å². The Hall–Kier alpha value is -2.79. The average Bonchev–Trinajstić information content (AvgIpc) is 2.61. The molecule has 25 heavy (non-hydrogen) atoms. The first-order valence-electron chi connectivity index (χ1n) is 7.49. The molecule has 2 rings (SSSR count). The molecule has 130 valence electrons. The number of allylic oxidation sites excluding steroid dienone is 1. The first-order chi connectivity index (χ1) is 11.9. The van der Waals surface area contributed by atoms with Crippen LogP contribution in [0, 0.1) is 0 Å². The molecule has 0 bridgehead atoms. The summed E-state index contributed by atoms with van der Waals surface area (Å²) in [7, 11) is 1.44. The highest BCUT2D eigenvalue weighted by Crippen LogP contribution is 2.24. The highest BCUT2D eigenvalue weighted by Gasteiger charge is 2.19. The van der Waals surface area contributed by atoms with Crippen LogP contribution in [0.1, 0.15) is 25.0 Å². The Morgan fingerprint density at radius 2 is 1.64 bits per heavy atom. The molecule has 0 amide bonds. The molecular formula is C19H18ClNO4. The summed E-state index contributed by atoms with van der Waals surface area (Å²) in [6.07, 6.45) is 0. The molecule has 0 saturated heterocycles. The lowest BCUT2D eigenvalue weighted by Gasteiger charge is -2.12. The molecule has 1 N–H and O–H groups in total. The number of methoxy groups -OCH3 is 1. The minimum absolute atomic E-state index is 0.0825. The van der Waals surface area contributed by atoms with E-state index in [1.54, 1.807) is 56.3 Å². The third kappa shape index (κ3) is 4.61. The molecule has 0 spiro atoms. The molecule has 0 aromatic heterocycles. The van der Waals surface area contributed by atoms with Gasteiger partial charge in [0, 0.05) is 16.1 Å². The van der Waals surface area contributed by atoms with Gasteiger partial charge in [-0.05, 0) is 38.1 Å². The van der Waals surface area contributed by atoms with Gasteiger partial charge < -0.3 is 14.7 Å². The Morgan fingerprint density at radius 1 is 1.04 bits per heavy atom. The summed E-state index contributed by atoms with van der Waals surface area (Å²) in [6.45, 7) is 3.35. The summed E-state index contributed by atoms with van der Waals surface area (Å²) in [5.74, 6) is -0.229. The van der Waals surface area contributed by atoms with E-state index in [0.29, 0.717) is 33.4 Å². The summed E-state index contributed by atoms with van der Waals surface area (Å²) < 4.78 is 5.12. The number of nitrogens with zero attached hydrogens (tertiary/aromatic N) is 1. The standard InChI is InChI=1S/C19H18ClNO4/c1-12(21-25-15-10-8-14(20)9-11-15)16-6-4-5-7-17(16)18(19(22)23)13(2)24-3/h4-11H,1-3H3,(H,22,23). The fraction of sp³-hybridized carbons (Fsp3) is 0.158. The zero-order valence-electron chi connectivity index (χ0n) is 14.1. The lowest BCUT2D eigenvalue weighted by atomic mass is 9.96. The quantitative estimate of drug-likeness (QED) is 0.354. The molecule has 2 aromatic rings. The van der Waals surface area contributed by atoms with Gasteiger partial charge >= 0.3 is 5.97 Å². The maximum atomic E-state index is 11.7. The third-order valence-corrected chi connectivity index (χ3v) is 3.81. The first-order valence-corrected chi connectivity index (χ1v) is 7.87. The number of oxime groups is 1. The molecule has 0 aliphatic carbocycles. The van der Waals surface area contributed by atoms with Gasteiger partial charge in [0.25, 0.3) is 0 Å². The number of aliphatic carboxylic acids is 1. The van der Waals surface area contributed by atoms with Crippen molar-refractivity contribution in [2.75, 3.05) is 7.11 Å². The molecule has 0 heterocycles. The number of hydrogen-bond acceptors (Lipinski definition) is 4. The predicted molar refractivity (Wildman–Crippen MR) is 98.0 cm³/mol. The fourth-order valence-electron chi connectivity index (χ4n) is 2.24. The predicted octanol–water partition coefficient (Wildman–Crippen LogP) is 4.61. The number of carboxylic acid groups (broad SMARTS) is 1. The zero-order chi connectivity index (χ0) is 18.4. The molecule has 0 aliphatic rings. The average molecular weight is 360 g/mol. The lowest BCUT2D eigenvalue weighted by molar-refractivity contribution is -0.130. The molecular weight excluding hydrogens is 342 g/mol. The first kappa shape index (κ1) is 18.5. The van der Waals surface area contributed by atoms with E-state index in [2.05, 4.69) is 5.16 Å². The Labute approximate surface area is 151 Å². The van der Waals surface area contributed by atoms with Gasteiger partial charge in [0.05, 0.1) is 12.8 Å². The van der Waals surface area contributed by atoms with Gasteiger partial charge in [-0.25, -0.2) is 4.79 Å². The number of carbonyl (C=O) groups is 1. The Kier molecular flexibility index (Phi) is 6.19. The summed E-state index contributed by atoms with van der Waals surface area (Å²) in [5, 5.41) is 14.2. The summed E-state index contributed by atoms with van der Waals surface area (Å²) in [5.41, 5.74) is 1.77. The van der Waals surface area contributed by atoms with Crippen LogP contribution in [-0.2, 0) is 9.53 Å². The van der Waals surface area contributed by atoms with Crippen LogP contribution >= 0.6 is 11.6 Å². The van der Waals surface area contributed by atoms with Crippen molar-refractivity contribution in [3.8, 4) is 5.75 Å². The number of carboxylic acids is 1. The number of benzene rings is 2. The van der Waals surface area contributed by atoms with Crippen molar-refractivity contribution in [1.82, 2.24) is 0 Å². The molecule has 6 heteroatoms. The van der Waals surface area contributed by atoms with Gasteiger partial charge in [-0.2, -0.15) is 0 Å². The van der Waals surface area contributed by atoms with Crippen molar-refractivity contribution in [3.05, 3.63) is 70.4 Å². The van der Waals surface area contributed by atoms with E-state index in [4.69, 9.17) is 21.2 Å². The fourth-order valence-corrected chi connectivity index (χ4v) is 2.37. The van der Waals surface area contributed by atoms with Gasteiger partial charge in [0.1, 0.15) is 11.3 Å². The molecule has 0 radical (unpaired) electrons. The molecule has 0 saturated carbocycles. The second-order valence-electron chi connectivity index (χ2n) is 5.21. The van der Waals surface area contributed by atoms with Gasteiger partial charge in [0.15, 0.2) is 5.75 Å². The largest absolute Gasteiger partial charge is 0.500 e. The smallest absolute Gasteiger partial charge is 0.339 e. The van der Waals surface area contributed by atoms with Crippen molar-refractivity contribution >= 4 is 28.9 Å². The Morgan fingerprint density at radius 3 is 2.20 bits per heavy atom. The normalized spacial score (nSPS) is 12.4. The van der Waals surface area contributed by atoms with Crippen molar-refractivity contribution in [3.63, 3.8) is 0 Å². The van der Waals surface area contributed by atoms with Crippen LogP contribution in [0.2, 0.25) is 5.02 Å². The van der Waals surface area contributed by atoms with Gasteiger partial charge in [-0.1, -0.05) is 41.0 Å². The van der Waals surface area contributed by atoms with E-state index in [0.717, 1.165) is 0 Å².